The first-order valence-corrected chi connectivity index (χ1v) is 12.9. The van der Waals surface area contributed by atoms with Crippen molar-refractivity contribution >= 4 is 45.3 Å². The maximum atomic E-state index is 15.1. The third-order valence-electron chi connectivity index (χ3n) is 6.98. The Morgan fingerprint density at radius 1 is 1.12 bits per heavy atom. The molecule has 0 saturated carbocycles. The zero-order chi connectivity index (χ0) is 28.7. The predicted molar refractivity (Wildman–Crippen MR) is 151 cm³/mol. The van der Waals surface area contributed by atoms with E-state index in [-0.39, 0.29) is 35.9 Å². The summed E-state index contributed by atoms with van der Waals surface area (Å²) in [4.78, 5) is 29.7. The molecule has 0 bridgehead atoms. The van der Waals surface area contributed by atoms with E-state index in [4.69, 9.17) is 9.72 Å². The van der Waals surface area contributed by atoms with Crippen LogP contribution in [-0.4, -0.2) is 65.9 Å². The van der Waals surface area contributed by atoms with Gasteiger partial charge in [0.15, 0.2) is 0 Å². The fourth-order valence-electron chi connectivity index (χ4n) is 4.93. The van der Waals surface area contributed by atoms with Gasteiger partial charge in [0.2, 0.25) is 5.91 Å². The van der Waals surface area contributed by atoms with Crippen LogP contribution in [0.4, 0.5) is 21.7 Å². The van der Waals surface area contributed by atoms with Crippen molar-refractivity contribution in [1.29, 1.82) is 0 Å². The number of rotatable bonds is 6. The largest absolute Gasteiger partial charge is 2.00 e. The summed E-state index contributed by atoms with van der Waals surface area (Å²) in [5.74, 6) is 0.847. The monoisotopic (exact) mass is 602 g/mol. The number of anilines is 3. The van der Waals surface area contributed by atoms with E-state index in [1.165, 1.54) is 18.5 Å². The molecule has 1 radical (unpaired) electrons. The van der Waals surface area contributed by atoms with E-state index in [2.05, 4.69) is 49.2 Å². The van der Waals surface area contributed by atoms with Gasteiger partial charge in [0.25, 0.3) is 0 Å². The zero-order valence-corrected chi connectivity index (χ0v) is 24.6. The zero-order valence-electron chi connectivity index (χ0n) is 23.2. The molecule has 0 aliphatic carbocycles. The molecular weight excluding hydrogens is 576 g/mol. The van der Waals surface area contributed by atoms with Crippen LogP contribution in [0.5, 0.6) is 11.5 Å². The van der Waals surface area contributed by atoms with Gasteiger partial charge in [0.1, 0.15) is 23.5 Å². The molecule has 4 heterocycles. The van der Waals surface area contributed by atoms with Crippen molar-refractivity contribution in [1.82, 2.24) is 34.8 Å². The molecule has 6 rings (SSSR count). The Balaban J connectivity index is 0.00000353. The van der Waals surface area contributed by atoms with Crippen LogP contribution in [0, 0.1) is 17.9 Å². The molecule has 1 amide bonds. The van der Waals surface area contributed by atoms with Gasteiger partial charge < -0.3 is 24.5 Å². The smallest absolute Gasteiger partial charge is 0.509 e. The van der Waals surface area contributed by atoms with E-state index < -0.39 is 11.4 Å². The molecule has 11 nitrogen and oxygen atoms in total. The van der Waals surface area contributed by atoms with Crippen molar-refractivity contribution < 1.29 is 32.5 Å². The van der Waals surface area contributed by atoms with Crippen LogP contribution in [0.25, 0.3) is 22.1 Å². The maximum absolute atomic E-state index is 15.1. The average molecular weight is 603 g/mol. The number of carbonyl (C=O) groups excluding carboxylic acids is 1. The minimum absolute atomic E-state index is 0. The Morgan fingerprint density at radius 2 is 1.90 bits per heavy atom. The van der Waals surface area contributed by atoms with Crippen molar-refractivity contribution in [2.24, 2.45) is 7.05 Å². The molecule has 0 unspecified atom stereocenters. The number of piperazine rings is 1. The maximum Gasteiger partial charge on any atom is 2.00 e. The average Bonchev–Trinajstić information content (AvgIpc) is 3.33. The van der Waals surface area contributed by atoms with Crippen molar-refractivity contribution in [2.75, 3.05) is 29.9 Å². The van der Waals surface area contributed by atoms with Crippen molar-refractivity contribution in [3.8, 4) is 11.5 Å². The molecule has 5 aromatic rings. The molecule has 0 spiro atoms. The predicted octanol–water partition coefficient (Wildman–Crippen LogP) is 4.19. The number of benzene rings is 2. The van der Waals surface area contributed by atoms with Crippen LogP contribution in [0.1, 0.15) is 13.8 Å². The van der Waals surface area contributed by atoms with Crippen LogP contribution in [0.3, 0.4) is 0 Å². The van der Waals surface area contributed by atoms with Crippen LogP contribution < -0.4 is 15.0 Å². The second-order valence-electron chi connectivity index (χ2n) is 10.2. The third-order valence-corrected chi connectivity index (χ3v) is 6.98. The molecule has 1 fully saturated rings. The number of amides is 1. The van der Waals surface area contributed by atoms with Crippen LogP contribution in [0.15, 0.2) is 55.4 Å². The summed E-state index contributed by atoms with van der Waals surface area (Å²) in [5.41, 5.74) is 2.16. The number of fused-ring (bicyclic) bond motifs is 2. The number of nitrogens with one attached hydrogen (secondary N) is 1. The molecular formula is C29H26FN9O2V. The number of carbonyl (C=O) groups is 1. The van der Waals surface area contributed by atoms with E-state index in [1.807, 2.05) is 30.9 Å². The first-order chi connectivity index (χ1) is 19.7. The first kappa shape index (κ1) is 29.0. The normalized spacial score (nSPS) is 14.5. The minimum Gasteiger partial charge on any atom is -0.509 e. The molecule has 1 aliphatic heterocycles. The fourth-order valence-corrected chi connectivity index (χ4v) is 4.93. The molecule has 0 atom stereocenters. The van der Waals surface area contributed by atoms with Crippen LogP contribution in [-0.2, 0) is 30.4 Å². The second kappa shape index (κ2) is 11.4. The number of aromatic nitrogens is 6. The van der Waals surface area contributed by atoms with Crippen molar-refractivity contribution in [3.63, 3.8) is 0 Å². The number of hydrogen-bond donors (Lipinski definition) is 1. The van der Waals surface area contributed by atoms with E-state index in [0.717, 1.165) is 5.52 Å². The summed E-state index contributed by atoms with van der Waals surface area (Å²) in [7, 11) is 1.78. The summed E-state index contributed by atoms with van der Waals surface area (Å²) in [5, 5.41) is 11.0. The van der Waals surface area contributed by atoms with Crippen molar-refractivity contribution in [2.45, 2.75) is 19.4 Å². The SMILES string of the molecule is C=CC(=O)N1CCN(c2ccc3ncnc(Nc4ccc(Oc5[c-]c6nnn(C)c6cc5)[c-]c4F)c3n2)CC1(C)C.[V+2]. The number of hydrogen-bond acceptors (Lipinski definition) is 9. The quantitative estimate of drug-likeness (QED) is 0.226. The first-order valence-electron chi connectivity index (χ1n) is 12.9. The van der Waals surface area contributed by atoms with E-state index >= 15 is 4.39 Å². The molecule has 3 aromatic heterocycles. The summed E-state index contributed by atoms with van der Waals surface area (Å²) in [6, 6.07) is 16.0. The Hall–Kier alpha value is -4.55. The number of pyridine rings is 1. The number of nitrogens with zero attached hydrogens (tertiary/aromatic N) is 8. The Kier molecular flexibility index (Phi) is 7.85. The van der Waals surface area contributed by atoms with Gasteiger partial charge in [-0.05, 0) is 43.3 Å². The van der Waals surface area contributed by atoms with E-state index in [9.17, 15) is 4.79 Å². The Bertz CT molecular complexity index is 1810. The molecule has 1 N–H and O–H groups in total. The van der Waals surface area contributed by atoms with Crippen LogP contribution in [0.2, 0.25) is 0 Å². The van der Waals surface area contributed by atoms with Gasteiger partial charge in [-0.25, -0.2) is 19.3 Å². The van der Waals surface area contributed by atoms with Gasteiger partial charge in [-0.1, -0.05) is 17.9 Å². The third kappa shape index (κ3) is 5.50. The van der Waals surface area contributed by atoms with Gasteiger partial charge in [0.05, 0.1) is 11.1 Å². The summed E-state index contributed by atoms with van der Waals surface area (Å²) < 4.78 is 22.5. The van der Waals surface area contributed by atoms with Gasteiger partial charge in [-0.3, -0.25) is 4.79 Å². The molecule has 211 valence electrons. The number of halogens is 1. The number of ether oxygens (including phenoxy) is 1. The standard InChI is InChI=1S/C29H26FN9O2.V/c1-5-26(40)39-13-12-38(16-29(39,2)3)25-11-9-22-27(34-25)28(32-17-31-22)33-21-8-6-18(14-20(21)30)41-19-7-10-24-23(15-19)35-36-37(24)4;/h5-11,17H,1,12-13,16H2,2-4H3,(H,31,32,33);/q-2;+2. The van der Waals surface area contributed by atoms with Gasteiger partial charge in [-0.15, -0.1) is 30.3 Å². The van der Waals surface area contributed by atoms with Gasteiger partial charge in [0, 0.05) is 49.5 Å². The fraction of sp³-hybridized carbons (Fsp3) is 0.241. The molecule has 2 aromatic carbocycles. The van der Waals surface area contributed by atoms with E-state index in [1.54, 1.807) is 29.9 Å². The Labute approximate surface area is 253 Å². The molecule has 42 heavy (non-hydrogen) atoms. The second-order valence-corrected chi connectivity index (χ2v) is 10.2. The van der Waals surface area contributed by atoms with Crippen molar-refractivity contribution in [3.05, 3.63) is 73.3 Å². The molecule has 1 aliphatic rings. The summed E-state index contributed by atoms with van der Waals surface area (Å²) >= 11 is 0. The van der Waals surface area contributed by atoms with Crippen LogP contribution >= 0.6 is 0 Å². The Morgan fingerprint density at radius 3 is 2.67 bits per heavy atom. The van der Waals surface area contributed by atoms with E-state index in [0.29, 0.717) is 53.6 Å². The number of aryl methyl sites for hydroxylation is 1. The summed E-state index contributed by atoms with van der Waals surface area (Å²) in [6.45, 7) is 9.35. The van der Waals surface area contributed by atoms with Gasteiger partial charge in [-0.2, -0.15) is 5.10 Å². The topological polar surface area (TPSA) is 114 Å². The molecule has 1 saturated heterocycles. The summed E-state index contributed by atoms with van der Waals surface area (Å²) in [6.07, 6.45) is 2.74. The molecule has 13 heteroatoms. The minimum atomic E-state index is -0.657. The van der Waals surface area contributed by atoms with Gasteiger partial charge >= 0.3 is 18.6 Å².